The van der Waals surface area contributed by atoms with Crippen LogP contribution in [0.1, 0.15) is 56.7 Å². The first-order chi connectivity index (χ1) is 12.0. The predicted octanol–water partition coefficient (Wildman–Crippen LogP) is 3.09. The lowest BCUT2D eigenvalue weighted by Gasteiger charge is -2.16. The molecule has 2 aromatic rings. The van der Waals surface area contributed by atoms with Gasteiger partial charge in [0.25, 0.3) is 0 Å². The molecule has 6 nitrogen and oxygen atoms in total. The van der Waals surface area contributed by atoms with Crippen molar-refractivity contribution < 1.29 is 19.1 Å². The Kier molecular flexibility index (Phi) is 6.22. The fraction of sp³-hybridized carbons (Fsp3) is 0.368. The highest BCUT2D eigenvalue weighted by molar-refractivity contribution is 5.91. The molecule has 132 valence electrons. The second-order valence-electron chi connectivity index (χ2n) is 5.91. The molecule has 25 heavy (non-hydrogen) atoms. The van der Waals surface area contributed by atoms with E-state index in [1.165, 1.54) is 26.6 Å². The van der Waals surface area contributed by atoms with E-state index in [1.807, 2.05) is 6.92 Å². The third-order valence-electron chi connectivity index (χ3n) is 4.27. The van der Waals surface area contributed by atoms with Gasteiger partial charge in [-0.15, -0.1) is 0 Å². The standard InChI is InChI=1S/C19H22N2O4/c1-12(16-10-21-11-17(13(16)2)19(23)25-4)5-6-14-7-15(9-20-8-14)18(22)24-3/h7-12H,5-6H2,1-4H3. The topological polar surface area (TPSA) is 78.4 Å². The van der Waals surface area contributed by atoms with Crippen LogP contribution in [-0.4, -0.2) is 36.1 Å². The Balaban J connectivity index is 2.12. The predicted molar refractivity (Wildman–Crippen MR) is 92.6 cm³/mol. The van der Waals surface area contributed by atoms with Gasteiger partial charge in [0.1, 0.15) is 0 Å². The Morgan fingerprint density at radius 2 is 1.72 bits per heavy atom. The fourth-order valence-corrected chi connectivity index (χ4v) is 2.75. The van der Waals surface area contributed by atoms with Gasteiger partial charge in [0.15, 0.2) is 0 Å². The number of rotatable bonds is 6. The highest BCUT2D eigenvalue weighted by Gasteiger charge is 2.17. The van der Waals surface area contributed by atoms with Crippen LogP contribution in [0.3, 0.4) is 0 Å². The summed E-state index contributed by atoms with van der Waals surface area (Å²) in [6.45, 7) is 3.99. The van der Waals surface area contributed by atoms with Gasteiger partial charge in [0.2, 0.25) is 0 Å². The molecular formula is C19H22N2O4. The number of hydrogen-bond acceptors (Lipinski definition) is 6. The van der Waals surface area contributed by atoms with Crippen LogP contribution >= 0.6 is 0 Å². The lowest BCUT2D eigenvalue weighted by Crippen LogP contribution is -2.09. The summed E-state index contributed by atoms with van der Waals surface area (Å²) in [5, 5.41) is 0. The van der Waals surface area contributed by atoms with Crippen LogP contribution < -0.4 is 0 Å². The van der Waals surface area contributed by atoms with E-state index in [9.17, 15) is 9.59 Å². The van der Waals surface area contributed by atoms with Crippen LogP contribution in [0.15, 0.2) is 30.9 Å². The van der Waals surface area contributed by atoms with E-state index in [4.69, 9.17) is 9.47 Å². The Hall–Kier alpha value is -2.76. The molecule has 6 heteroatoms. The molecule has 1 atom stereocenters. The fourth-order valence-electron chi connectivity index (χ4n) is 2.75. The number of aryl methyl sites for hydroxylation is 1. The molecule has 0 amide bonds. The van der Waals surface area contributed by atoms with Crippen molar-refractivity contribution in [1.82, 2.24) is 9.97 Å². The number of methoxy groups -OCH3 is 2. The second kappa shape index (κ2) is 8.37. The first-order valence-electron chi connectivity index (χ1n) is 8.03. The maximum absolute atomic E-state index is 11.8. The molecule has 0 fully saturated rings. The first-order valence-corrected chi connectivity index (χ1v) is 8.03. The number of aromatic nitrogens is 2. The van der Waals surface area contributed by atoms with Crippen LogP contribution in [-0.2, 0) is 15.9 Å². The molecule has 0 spiro atoms. The van der Waals surface area contributed by atoms with Crippen LogP contribution in [0.4, 0.5) is 0 Å². The molecule has 0 N–H and O–H groups in total. The van der Waals surface area contributed by atoms with E-state index in [1.54, 1.807) is 18.5 Å². The van der Waals surface area contributed by atoms with Crippen LogP contribution in [0.5, 0.6) is 0 Å². The van der Waals surface area contributed by atoms with E-state index in [0.29, 0.717) is 11.1 Å². The number of hydrogen-bond donors (Lipinski definition) is 0. The summed E-state index contributed by atoms with van der Waals surface area (Å²) < 4.78 is 9.51. The van der Waals surface area contributed by atoms with Gasteiger partial charge in [-0.3, -0.25) is 9.97 Å². The van der Waals surface area contributed by atoms with Gasteiger partial charge in [-0.1, -0.05) is 6.92 Å². The molecule has 0 aliphatic heterocycles. The number of nitrogens with zero attached hydrogens (tertiary/aromatic N) is 2. The summed E-state index contributed by atoms with van der Waals surface area (Å²) >= 11 is 0. The van der Waals surface area contributed by atoms with Gasteiger partial charge in [0, 0.05) is 24.8 Å². The van der Waals surface area contributed by atoms with E-state index in [-0.39, 0.29) is 11.9 Å². The minimum atomic E-state index is -0.395. The zero-order chi connectivity index (χ0) is 18.4. The second-order valence-corrected chi connectivity index (χ2v) is 5.91. The lowest BCUT2D eigenvalue weighted by molar-refractivity contribution is 0.0590. The summed E-state index contributed by atoms with van der Waals surface area (Å²) in [7, 11) is 2.71. The molecule has 0 radical (unpaired) electrons. The van der Waals surface area contributed by atoms with Crippen molar-refractivity contribution in [2.75, 3.05) is 14.2 Å². The van der Waals surface area contributed by atoms with E-state index in [0.717, 1.165) is 29.5 Å². The van der Waals surface area contributed by atoms with Crippen LogP contribution in [0, 0.1) is 6.92 Å². The number of esters is 2. The molecule has 0 aromatic carbocycles. The van der Waals surface area contributed by atoms with Gasteiger partial charge < -0.3 is 9.47 Å². The van der Waals surface area contributed by atoms with Crippen LogP contribution in [0.2, 0.25) is 0 Å². The zero-order valence-corrected chi connectivity index (χ0v) is 14.9. The third kappa shape index (κ3) is 4.41. The first kappa shape index (κ1) is 18.6. The lowest BCUT2D eigenvalue weighted by atomic mass is 9.91. The van der Waals surface area contributed by atoms with Crippen molar-refractivity contribution in [2.24, 2.45) is 0 Å². The molecule has 2 rings (SSSR count). The zero-order valence-electron chi connectivity index (χ0n) is 14.9. The van der Waals surface area contributed by atoms with E-state index < -0.39 is 5.97 Å². The number of carbonyl (C=O) groups excluding carboxylic acids is 2. The molecule has 0 aliphatic rings. The number of carbonyl (C=O) groups is 2. The summed E-state index contributed by atoms with van der Waals surface area (Å²) in [5.74, 6) is -0.582. The average Bonchev–Trinajstić information content (AvgIpc) is 2.65. The van der Waals surface area contributed by atoms with Gasteiger partial charge in [-0.05, 0) is 48.4 Å². The van der Waals surface area contributed by atoms with Gasteiger partial charge in [0.05, 0.1) is 25.3 Å². The minimum Gasteiger partial charge on any atom is -0.465 e. The Morgan fingerprint density at radius 1 is 1.04 bits per heavy atom. The largest absolute Gasteiger partial charge is 0.465 e. The Morgan fingerprint density at radius 3 is 2.40 bits per heavy atom. The minimum absolute atomic E-state index is 0.193. The van der Waals surface area contributed by atoms with Crippen molar-refractivity contribution in [1.29, 1.82) is 0 Å². The third-order valence-corrected chi connectivity index (χ3v) is 4.27. The number of ether oxygens (including phenoxy) is 2. The summed E-state index contributed by atoms with van der Waals surface area (Å²) in [5.41, 5.74) is 3.79. The average molecular weight is 342 g/mol. The van der Waals surface area contributed by atoms with Gasteiger partial charge in [-0.25, -0.2) is 9.59 Å². The van der Waals surface area contributed by atoms with Crippen molar-refractivity contribution in [3.63, 3.8) is 0 Å². The molecular weight excluding hydrogens is 320 g/mol. The van der Waals surface area contributed by atoms with Crippen molar-refractivity contribution >= 4 is 11.9 Å². The maximum atomic E-state index is 11.8. The van der Waals surface area contributed by atoms with Crippen molar-refractivity contribution in [3.8, 4) is 0 Å². The highest BCUT2D eigenvalue weighted by atomic mass is 16.5. The molecule has 0 bridgehead atoms. The number of pyridine rings is 2. The summed E-state index contributed by atoms with van der Waals surface area (Å²) in [6, 6.07) is 1.79. The quantitative estimate of drug-likeness (QED) is 0.751. The van der Waals surface area contributed by atoms with E-state index in [2.05, 4.69) is 16.9 Å². The molecule has 0 saturated carbocycles. The SMILES string of the molecule is COC(=O)c1cncc(CCC(C)c2cncc(C(=O)OC)c2C)c1. The Bertz CT molecular complexity index is 774. The normalized spacial score (nSPS) is 11.7. The van der Waals surface area contributed by atoms with Crippen LogP contribution in [0.25, 0.3) is 0 Å². The van der Waals surface area contributed by atoms with Gasteiger partial charge >= 0.3 is 11.9 Å². The molecule has 0 saturated heterocycles. The molecule has 0 aliphatic carbocycles. The summed E-state index contributed by atoms with van der Waals surface area (Å²) in [4.78, 5) is 31.6. The van der Waals surface area contributed by atoms with E-state index >= 15 is 0 Å². The summed E-state index contributed by atoms with van der Waals surface area (Å²) in [6.07, 6.45) is 8.14. The van der Waals surface area contributed by atoms with Gasteiger partial charge in [-0.2, -0.15) is 0 Å². The molecule has 1 unspecified atom stereocenters. The smallest absolute Gasteiger partial charge is 0.339 e. The van der Waals surface area contributed by atoms with Crippen molar-refractivity contribution in [2.45, 2.75) is 32.6 Å². The highest BCUT2D eigenvalue weighted by Crippen LogP contribution is 2.26. The monoisotopic (exact) mass is 342 g/mol. The molecule has 2 aromatic heterocycles. The molecule has 2 heterocycles. The maximum Gasteiger partial charge on any atom is 0.339 e. The van der Waals surface area contributed by atoms with Crippen molar-refractivity contribution in [3.05, 3.63) is 58.7 Å². The Labute approximate surface area is 147 Å².